The smallest absolute Gasteiger partial charge is 0.161 e. The Morgan fingerprint density at radius 2 is 1.59 bits per heavy atom. The molecule has 0 saturated heterocycles. The Kier molecular flexibility index (Phi) is 7.30. The van der Waals surface area contributed by atoms with Gasteiger partial charge in [0.1, 0.15) is 17.3 Å². The van der Waals surface area contributed by atoms with Gasteiger partial charge in [-0.3, -0.25) is 0 Å². The Bertz CT molecular complexity index is 1190. The molecule has 4 heteroatoms. The van der Waals surface area contributed by atoms with Crippen molar-refractivity contribution in [3.05, 3.63) is 99.6 Å². The van der Waals surface area contributed by atoms with Gasteiger partial charge in [-0.25, -0.2) is 0 Å². The second-order valence-corrected chi connectivity index (χ2v) is 10.0. The fourth-order valence-electron chi connectivity index (χ4n) is 4.10. The number of rotatable bonds is 7. The number of allylic oxidation sites excluding steroid dienone is 10. The summed E-state index contributed by atoms with van der Waals surface area (Å²) in [6.45, 7) is 16.0. The molecule has 1 aliphatic carbocycles. The lowest BCUT2D eigenvalue weighted by molar-refractivity contribution is 0.351. The molecule has 0 atom stereocenters. The van der Waals surface area contributed by atoms with Crippen molar-refractivity contribution in [2.45, 2.75) is 60.8 Å². The summed E-state index contributed by atoms with van der Waals surface area (Å²) < 4.78 is 6.27. The van der Waals surface area contributed by atoms with E-state index in [0.29, 0.717) is 36.3 Å². The van der Waals surface area contributed by atoms with E-state index in [1.54, 1.807) is 12.1 Å². The highest BCUT2D eigenvalue weighted by molar-refractivity contribution is 5.73. The number of aliphatic hydroxyl groups is 1. The highest BCUT2D eigenvalue weighted by Crippen LogP contribution is 2.44. The van der Waals surface area contributed by atoms with Crippen LogP contribution in [0.2, 0.25) is 0 Å². The summed E-state index contributed by atoms with van der Waals surface area (Å²) in [5.41, 5.74) is 6.14. The summed E-state index contributed by atoms with van der Waals surface area (Å²) in [5, 5.41) is 32.0. The number of benzene rings is 1. The molecule has 4 nitrogen and oxygen atoms in total. The average Bonchev–Trinajstić information content (AvgIpc) is 2.77. The van der Waals surface area contributed by atoms with E-state index >= 15 is 0 Å². The molecular weight excluding hydrogens is 424 g/mol. The van der Waals surface area contributed by atoms with Crippen LogP contribution in [0.25, 0.3) is 5.76 Å². The second-order valence-electron chi connectivity index (χ2n) is 10.0. The van der Waals surface area contributed by atoms with Crippen molar-refractivity contribution in [2.75, 3.05) is 0 Å². The number of fused-ring (bicyclic) bond motifs is 1. The van der Waals surface area contributed by atoms with Gasteiger partial charge in [0.2, 0.25) is 0 Å². The van der Waals surface area contributed by atoms with Gasteiger partial charge >= 0.3 is 0 Å². The van der Waals surface area contributed by atoms with Gasteiger partial charge in [-0.05, 0) is 69.4 Å². The average molecular weight is 461 g/mol. The molecule has 0 aromatic heterocycles. The van der Waals surface area contributed by atoms with Crippen LogP contribution in [0, 0.1) is 5.41 Å². The lowest BCUT2D eigenvalue weighted by Gasteiger charge is -2.31. The molecule has 34 heavy (non-hydrogen) atoms. The minimum absolute atomic E-state index is 0.0974. The Morgan fingerprint density at radius 1 is 0.971 bits per heavy atom. The summed E-state index contributed by atoms with van der Waals surface area (Å²) in [7, 11) is 0. The van der Waals surface area contributed by atoms with E-state index in [1.165, 1.54) is 0 Å². The molecule has 0 saturated carbocycles. The fourth-order valence-corrected chi connectivity index (χ4v) is 4.10. The van der Waals surface area contributed by atoms with Crippen LogP contribution in [-0.2, 0) is 17.6 Å². The first-order valence-electron chi connectivity index (χ1n) is 11.6. The third kappa shape index (κ3) is 5.22. The monoisotopic (exact) mass is 460 g/mol. The van der Waals surface area contributed by atoms with Gasteiger partial charge in [0, 0.05) is 29.0 Å². The second kappa shape index (κ2) is 9.84. The lowest BCUT2D eigenvalue weighted by atomic mass is 9.77. The first-order chi connectivity index (χ1) is 15.9. The normalized spacial score (nSPS) is 15.4. The minimum Gasteiger partial charge on any atom is -0.508 e. The van der Waals surface area contributed by atoms with Gasteiger partial charge in [-0.2, -0.15) is 0 Å². The van der Waals surface area contributed by atoms with Crippen molar-refractivity contribution >= 4 is 5.76 Å². The summed E-state index contributed by atoms with van der Waals surface area (Å²) in [4.78, 5) is 0. The predicted octanol–water partition coefficient (Wildman–Crippen LogP) is 7.72. The number of hydrogen-bond acceptors (Lipinski definition) is 4. The van der Waals surface area contributed by atoms with E-state index in [4.69, 9.17) is 4.74 Å². The zero-order chi connectivity index (χ0) is 25.2. The highest BCUT2D eigenvalue weighted by Gasteiger charge is 2.31. The van der Waals surface area contributed by atoms with Crippen LogP contribution in [0.15, 0.2) is 82.9 Å². The quantitative estimate of drug-likeness (QED) is 0.288. The first-order valence-corrected chi connectivity index (χ1v) is 11.6. The van der Waals surface area contributed by atoms with E-state index in [2.05, 4.69) is 12.7 Å². The Balaban J connectivity index is 2.11. The molecule has 3 rings (SSSR count). The van der Waals surface area contributed by atoms with Gasteiger partial charge in [-0.15, -0.1) is 6.58 Å². The van der Waals surface area contributed by atoms with Crippen LogP contribution in [0.4, 0.5) is 0 Å². The van der Waals surface area contributed by atoms with Crippen LogP contribution < -0.4 is 0 Å². The number of hydrogen-bond donors (Lipinski definition) is 3. The molecule has 0 amide bonds. The van der Waals surface area contributed by atoms with Gasteiger partial charge in [0.05, 0.1) is 0 Å². The maximum atomic E-state index is 10.7. The third-order valence-corrected chi connectivity index (χ3v) is 6.40. The minimum atomic E-state index is -0.336. The van der Waals surface area contributed by atoms with E-state index in [9.17, 15) is 15.3 Å². The van der Waals surface area contributed by atoms with Gasteiger partial charge in [-0.1, -0.05) is 49.3 Å². The first kappa shape index (κ1) is 25.2. The summed E-state index contributed by atoms with van der Waals surface area (Å²) in [6, 6.07) is 1.56. The van der Waals surface area contributed by atoms with Crippen LogP contribution in [0.3, 0.4) is 0 Å². The number of phenolic OH excluding ortho intramolecular Hbond substituents is 2. The zero-order valence-electron chi connectivity index (χ0n) is 21.1. The molecule has 0 radical (unpaired) electrons. The van der Waals surface area contributed by atoms with Crippen LogP contribution in [0.1, 0.15) is 64.7 Å². The number of aliphatic hydroxyl groups excluding tert-OH is 1. The van der Waals surface area contributed by atoms with Crippen molar-refractivity contribution in [1.82, 2.24) is 0 Å². The Morgan fingerprint density at radius 3 is 2.18 bits per heavy atom. The number of ether oxygens (including phenoxy) is 1. The predicted molar refractivity (Wildman–Crippen MR) is 140 cm³/mol. The Hall–Kier alpha value is -3.40. The van der Waals surface area contributed by atoms with Crippen molar-refractivity contribution < 1.29 is 20.1 Å². The zero-order valence-corrected chi connectivity index (χ0v) is 21.1. The molecule has 2 aliphatic rings. The van der Waals surface area contributed by atoms with Crippen molar-refractivity contribution in [3.8, 4) is 11.5 Å². The van der Waals surface area contributed by atoms with E-state index in [-0.39, 0.29) is 22.7 Å². The van der Waals surface area contributed by atoms with Crippen LogP contribution in [0.5, 0.6) is 11.5 Å². The lowest BCUT2D eigenvalue weighted by Crippen LogP contribution is -2.18. The number of phenols is 2. The summed E-state index contributed by atoms with van der Waals surface area (Å²) >= 11 is 0. The summed E-state index contributed by atoms with van der Waals surface area (Å²) in [5.74, 6) is 1.08. The van der Waals surface area contributed by atoms with Gasteiger partial charge in [0.15, 0.2) is 11.5 Å². The molecular formula is C30H36O4. The molecule has 1 heterocycles. The molecule has 1 aromatic carbocycles. The molecule has 1 aromatic rings. The van der Waals surface area contributed by atoms with E-state index in [0.717, 1.165) is 33.4 Å². The molecule has 3 N–H and O–H groups in total. The third-order valence-electron chi connectivity index (χ3n) is 6.40. The fraction of sp³-hybridized carbons (Fsp3) is 0.333. The molecule has 0 spiro atoms. The molecule has 0 unspecified atom stereocenters. The number of aromatic hydroxyl groups is 2. The van der Waals surface area contributed by atoms with Crippen LogP contribution in [-0.4, -0.2) is 15.3 Å². The van der Waals surface area contributed by atoms with Crippen molar-refractivity contribution in [2.24, 2.45) is 5.41 Å². The van der Waals surface area contributed by atoms with Gasteiger partial charge < -0.3 is 20.1 Å². The van der Waals surface area contributed by atoms with E-state index in [1.807, 2.05) is 65.8 Å². The van der Waals surface area contributed by atoms with Crippen molar-refractivity contribution in [1.29, 1.82) is 0 Å². The summed E-state index contributed by atoms with van der Waals surface area (Å²) in [6.07, 6.45) is 13.2. The van der Waals surface area contributed by atoms with Gasteiger partial charge in [0.25, 0.3) is 0 Å². The molecule has 180 valence electrons. The highest BCUT2D eigenvalue weighted by atomic mass is 16.5. The molecule has 0 fully saturated rings. The standard InChI is InChI=1S/C30H36O4/c1-8-30(6,7)24-15-20-11-14-27(34-28(20)17-25(24)31)23-16-26(32)29(33)22(13-10-19(4)5)21(23)12-9-18(2)3/h8-11,14,16-17,31-33H,1,12-13,15H2,2-7H3. The topological polar surface area (TPSA) is 69.9 Å². The maximum Gasteiger partial charge on any atom is 0.161 e. The van der Waals surface area contributed by atoms with Crippen molar-refractivity contribution in [3.63, 3.8) is 0 Å². The van der Waals surface area contributed by atoms with Crippen LogP contribution >= 0.6 is 0 Å². The van der Waals surface area contributed by atoms with E-state index < -0.39 is 0 Å². The SMILES string of the molecule is C=CC(C)(C)C1=C(O)C=C2OC(c3cc(O)c(O)c(CC=C(C)C)c3CC=C(C)C)=CC=C2C1. The Labute approximate surface area is 203 Å². The largest absolute Gasteiger partial charge is 0.508 e. The molecule has 1 aliphatic heterocycles. The maximum absolute atomic E-state index is 10.7. The molecule has 0 bridgehead atoms.